The van der Waals surface area contributed by atoms with Crippen molar-refractivity contribution < 1.29 is 14.3 Å². The number of anilines is 1. The number of amides is 1. The number of nitrogens with zero attached hydrogens (tertiary/aromatic N) is 1. The molecule has 0 aliphatic rings. The number of thiazole rings is 1. The van der Waals surface area contributed by atoms with Crippen LogP contribution in [0, 0.1) is 6.92 Å². The summed E-state index contributed by atoms with van der Waals surface area (Å²) in [5.41, 5.74) is 3.42. The third-order valence-electron chi connectivity index (χ3n) is 2.61. The average molecular weight is 290 g/mol. The van der Waals surface area contributed by atoms with Gasteiger partial charge in [-0.15, -0.1) is 11.3 Å². The Morgan fingerprint density at radius 3 is 2.55 bits per heavy atom. The normalized spacial score (nSPS) is 10.1. The lowest BCUT2D eigenvalue weighted by atomic mass is 10.2. The molecule has 1 N–H and O–H groups in total. The van der Waals surface area contributed by atoms with Gasteiger partial charge in [0, 0.05) is 5.69 Å². The smallest absolute Gasteiger partial charge is 0.338 e. The van der Waals surface area contributed by atoms with Crippen LogP contribution in [0.5, 0.6) is 0 Å². The molecule has 0 bridgehead atoms. The molecule has 2 rings (SSSR count). The second kappa shape index (κ2) is 6.29. The number of aromatic nitrogens is 1. The summed E-state index contributed by atoms with van der Waals surface area (Å²) in [7, 11) is 0. The van der Waals surface area contributed by atoms with Crippen LogP contribution in [0.25, 0.3) is 0 Å². The third kappa shape index (κ3) is 3.21. The minimum absolute atomic E-state index is 0.200. The van der Waals surface area contributed by atoms with E-state index in [2.05, 4.69) is 10.3 Å². The summed E-state index contributed by atoms with van der Waals surface area (Å²) in [4.78, 5) is 28.1. The van der Waals surface area contributed by atoms with E-state index in [0.29, 0.717) is 28.4 Å². The first-order valence-electron chi connectivity index (χ1n) is 6.10. The molecule has 1 heterocycles. The van der Waals surface area contributed by atoms with Gasteiger partial charge in [0.2, 0.25) is 0 Å². The van der Waals surface area contributed by atoms with Crippen LogP contribution in [0.2, 0.25) is 0 Å². The number of carbonyl (C=O) groups is 2. The van der Waals surface area contributed by atoms with Crippen molar-refractivity contribution in [3.05, 3.63) is 45.9 Å². The Bertz CT molecular complexity index is 620. The fourth-order valence-electron chi connectivity index (χ4n) is 1.61. The van der Waals surface area contributed by atoms with Gasteiger partial charge in [-0.1, -0.05) is 0 Å². The molecule has 0 unspecified atom stereocenters. The van der Waals surface area contributed by atoms with Crippen LogP contribution < -0.4 is 5.32 Å². The van der Waals surface area contributed by atoms with E-state index in [1.54, 1.807) is 43.6 Å². The molecule has 0 spiro atoms. The fourth-order valence-corrected chi connectivity index (χ4v) is 2.31. The highest BCUT2D eigenvalue weighted by atomic mass is 32.1. The summed E-state index contributed by atoms with van der Waals surface area (Å²) in [6, 6.07) is 6.57. The Morgan fingerprint density at radius 1 is 1.30 bits per heavy atom. The summed E-state index contributed by atoms with van der Waals surface area (Å²) in [6.07, 6.45) is 0. The molecule has 1 aromatic carbocycles. The van der Waals surface area contributed by atoms with Crippen LogP contribution in [-0.4, -0.2) is 23.5 Å². The van der Waals surface area contributed by atoms with Crippen LogP contribution in [0.15, 0.2) is 29.8 Å². The molecule has 0 atom stereocenters. The maximum absolute atomic E-state index is 12.0. The number of hydrogen-bond donors (Lipinski definition) is 1. The molecule has 0 fully saturated rings. The number of esters is 1. The van der Waals surface area contributed by atoms with E-state index < -0.39 is 0 Å². The Kier molecular flexibility index (Phi) is 4.47. The SMILES string of the molecule is CCOC(=O)c1ccc(NC(=O)c2scnc2C)cc1. The van der Waals surface area contributed by atoms with Crippen LogP contribution >= 0.6 is 11.3 Å². The highest BCUT2D eigenvalue weighted by Crippen LogP contribution is 2.16. The predicted octanol–water partition coefficient (Wildman–Crippen LogP) is 2.88. The monoisotopic (exact) mass is 290 g/mol. The van der Waals surface area contributed by atoms with Crippen molar-refractivity contribution in [3.63, 3.8) is 0 Å². The Hall–Kier alpha value is -2.21. The molecule has 5 nitrogen and oxygen atoms in total. The molecule has 0 aliphatic carbocycles. The summed E-state index contributed by atoms with van der Waals surface area (Å²) in [5.74, 6) is -0.572. The zero-order valence-corrected chi connectivity index (χ0v) is 12.0. The minimum Gasteiger partial charge on any atom is -0.462 e. The first-order chi connectivity index (χ1) is 9.61. The van der Waals surface area contributed by atoms with Crippen LogP contribution in [0.1, 0.15) is 32.6 Å². The van der Waals surface area contributed by atoms with Gasteiger partial charge in [0.15, 0.2) is 0 Å². The van der Waals surface area contributed by atoms with Crippen LogP contribution in [0.4, 0.5) is 5.69 Å². The van der Waals surface area contributed by atoms with E-state index in [1.165, 1.54) is 11.3 Å². The van der Waals surface area contributed by atoms with E-state index in [0.717, 1.165) is 0 Å². The lowest BCUT2D eigenvalue weighted by Gasteiger charge is -2.05. The highest BCUT2D eigenvalue weighted by Gasteiger charge is 2.12. The zero-order chi connectivity index (χ0) is 14.5. The van der Waals surface area contributed by atoms with Gasteiger partial charge in [-0.2, -0.15) is 0 Å². The highest BCUT2D eigenvalue weighted by molar-refractivity contribution is 7.12. The summed E-state index contributed by atoms with van der Waals surface area (Å²) in [5, 5.41) is 2.76. The lowest BCUT2D eigenvalue weighted by Crippen LogP contribution is -2.12. The lowest BCUT2D eigenvalue weighted by molar-refractivity contribution is 0.0526. The fraction of sp³-hybridized carbons (Fsp3) is 0.214. The quantitative estimate of drug-likeness (QED) is 0.879. The van der Waals surface area contributed by atoms with Crippen molar-refractivity contribution >= 4 is 28.9 Å². The van der Waals surface area contributed by atoms with Crippen molar-refractivity contribution in [2.75, 3.05) is 11.9 Å². The molecule has 0 radical (unpaired) electrons. The van der Waals surface area contributed by atoms with Gasteiger partial charge >= 0.3 is 5.97 Å². The van der Waals surface area contributed by atoms with Crippen LogP contribution in [0.3, 0.4) is 0 Å². The number of rotatable bonds is 4. The second-order valence-corrected chi connectivity index (χ2v) is 4.87. The van der Waals surface area contributed by atoms with Gasteiger partial charge < -0.3 is 10.1 Å². The largest absolute Gasteiger partial charge is 0.462 e. The number of nitrogens with one attached hydrogen (secondary N) is 1. The standard InChI is InChI=1S/C14H14N2O3S/c1-3-19-14(18)10-4-6-11(7-5-10)16-13(17)12-9(2)15-8-20-12/h4-8H,3H2,1-2H3,(H,16,17). The minimum atomic E-state index is -0.372. The van der Waals surface area contributed by atoms with Crippen molar-refractivity contribution in [1.82, 2.24) is 4.98 Å². The van der Waals surface area contributed by atoms with Gasteiger partial charge in [0.05, 0.1) is 23.4 Å². The first-order valence-corrected chi connectivity index (χ1v) is 6.98. The second-order valence-electron chi connectivity index (χ2n) is 4.02. The molecule has 0 aliphatic heterocycles. The van der Waals surface area contributed by atoms with Gasteiger partial charge in [0.1, 0.15) is 4.88 Å². The van der Waals surface area contributed by atoms with Crippen molar-refractivity contribution in [2.24, 2.45) is 0 Å². The first kappa shape index (κ1) is 14.2. The van der Waals surface area contributed by atoms with Gasteiger partial charge in [-0.05, 0) is 38.1 Å². The number of hydrogen-bond acceptors (Lipinski definition) is 5. The van der Waals surface area contributed by atoms with E-state index in [4.69, 9.17) is 4.74 Å². The third-order valence-corrected chi connectivity index (χ3v) is 3.53. The maximum Gasteiger partial charge on any atom is 0.338 e. The van der Waals surface area contributed by atoms with E-state index in [1.807, 2.05) is 0 Å². The molecule has 6 heteroatoms. The Morgan fingerprint density at radius 2 is 2.00 bits per heavy atom. The summed E-state index contributed by atoms with van der Waals surface area (Å²) < 4.78 is 4.89. The molecular formula is C14H14N2O3S. The van der Waals surface area contributed by atoms with Crippen molar-refractivity contribution in [3.8, 4) is 0 Å². The molecule has 20 heavy (non-hydrogen) atoms. The average Bonchev–Trinajstić information content (AvgIpc) is 2.86. The molecule has 1 aromatic heterocycles. The van der Waals surface area contributed by atoms with Crippen LogP contribution in [-0.2, 0) is 4.74 Å². The summed E-state index contributed by atoms with van der Waals surface area (Å²) in [6.45, 7) is 3.88. The molecule has 104 valence electrons. The van der Waals surface area contributed by atoms with Crippen molar-refractivity contribution in [2.45, 2.75) is 13.8 Å². The van der Waals surface area contributed by atoms with E-state index in [9.17, 15) is 9.59 Å². The van der Waals surface area contributed by atoms with Gasteiger partial charge in [-0.3, -0.25) is 4.79 Å². The molecule has 0 saturated heterocycles. The topological polar surface area (TPSA) is 68.3 Å². The van der Waals surface area contributed by atoms with E-state index in [-0.39, 0.29) is 11.9 Å². The molecule has 1 amide bonds. The molecule has 2 aromatic rings. The van der Waals surface area contributed by atoms with Gasteiger partial charge in [-0.25, -0.2) is 9.78 Å². The van der Waals surface area contributed by atoms with Gasteiger partial charge in [0.25, 0.3) is 5.91 Å². The Labute approximate surface area is 120 Å². The number of carbonyl (C=O) groups excluding carboxylic acids is 2. The number of ether oxygens (including phenoxy) is 1. The number of aryl methyl sites for hydroxylation is 1. The number of benzene rings is 1. The molecule has 0 saturated carbocycles. The molecular weight excluding hydrogens is 276 g/mol. The van der Waals surface area contributed by atoms with E-state index >= 15 is 0 Å². The van der Waals surface area contributed by atoms with Crippen molar-refractivity contribution in [1.29, 1.82) is 0 Å². The zero-order valence-electron chi connectivity index (χ0n) is 11.2. The Balaban J connectivity index is 2.06. The predicted molar refractivity (Wildman–Crippen MR) is 77.2 cm³/mol. The maximum atomic E-state index is 12.0. The summed E-state index contributed by atoms with van der Waals surface area (Å²) >= 11 is 1.29.